The molecule has 26 heavy (non-hydrogen) atoms. The van der Waals surface area contributed by atoms with E-state index < -0.39 is 0 Å². The van der Waals surface area contributed by atoms with Crippen LogP contribution in [-0.4, -0.2) is 51.3 Å². The molecule has 0 bridgehead atoms. The van der Waals surface area contributed by atoms with Gasteiger partial charge in [0.25, 0.3) is 0 Å². The summed E-state index contributed by atoms with van der Waals surface area (Å²) in [6, 6.07) is 8.99. The standard InChI is InChI=1S/C19H30N4O2.HI/c1-5-20-19(21-12-15(3)18(24)25-4)22-16-10-11-23(13-16)17-8-6-14(2)7-9-17;/h6-9,15-16H,5,10-13H2,1-4H3,(H2,20,21,22);1H. The van der Waals surface area contributed by atoms with Crippen molar-refractivity contribution >= 4 is 41.6 Å². The molecule has 1 aromatic carbocycles. The van der Waals surface area contributed by atoms with Crippen LogP contribution >= 0.6 is 24.0 Å². The second kappa shape index (κ2) is 11.3. The Balaban J connectivity index is 0.00000338. The van der Waals surface area contributed by atoms with Crippen molar-refractivity contribution in [2.75, 3.05) is 38.2 Å². The number of ether oxygens (including phenoxy) is 1. The Morgan fingerprint density at radius 1 is 1.38 bits per heavy atom. The maximum Gasteiger partial charge on any atom is 0.310 e. The molecule has 1 fully saturated rings. The van der Waals surface area contributed by atoms with Gasteiger partial charge in [0.05, 0.1) is 19.6 Å². The lowest BCUT2D eigenvalue weighted by Crippen LogP contribution is -2.45. The summed E-state index contributed by atoms with van der Waals surface area (Å²) in [6.07, 6.45) is 1.06. The van der Waals surface area contributed by atoms with Crippen LogP contribution in [0.1, 0.15) is 25.8 Å². The number of nitrogens with one attached hydrogen (secondary N) is 2. The van der Waals surface area contributed by atoms with E-state index in [2.05, 4.69) is 51.7 Å². The van der Waals surface area contributed by atoms with E-state index in [0.717, 1.165) is 32.0 Å². The second-order valence-corrected chi connectivity index (χ2v) is 6.56. The van der Waals surface area contributed by atoms with Crippen molar-refractivity contribution in [2.45, 2.75) is 33.2 Å². The number of rotatable bonds is 6. The number of aliphatic imine (C=N–C) groups is 1. The van der Waals surface area contributed by atoms with Crippen LogP contribution in [0.4, 0.5) is 5.69 Å². The molecule has 2 rings (SSSR count). The van der Waals surface area contributed by atoms with Crippen molar-refractivity contribution < 1.29 is 9.53 Å². The zero-order valence-corrected chi connectivity index (χ0v) is 18.4. The van der Waals surface area contributed by atoms with Crippen LogP contribution in [0.15, 0.2) is 29.3 Å². The van der Waals surface area contributed by atoms with E-state index in [1.54, 1.807) is 0 Å². The number of guanidine groups is 1. The number of carbonyl (C=O) groups is 1. The van der Waals surface area contributed by atoms with Gasteiger partial charge in [-0.1, -0.05) is 24.6 Å². The van der Waals surface area contributed by atoms with Crippen molar-refractivity contribution in [1.29, 1.82) is 0 Å². The molecule has 0 aromatic heterocycles. The number of benzene rings is 1. The number of hydrogen-bond donors (Lipinski definition) is 2. The summed E-state index contributed by atoms with van der Waals surface area (Å²) >= 11 is 0. The number of anilines is 1. The minimum Gasteiger partial charge on any atom is -0.469 e. The van der Waals surface area contributed by atoms with Crippen LogP contribution in [0, 0.1) is 12.8 Å². The van der Waals surface area contributed by atoms with Gasteiger partial charge < -0.3 is 20.3 Å². The molecule has 7 heteroatoms. The first-order valence-electron chi connectivity index (χ1n) is 8.97. The van der Waals surface area contributed by atoms with Crippen LogP contribution in [0.25, 0.3) is 0 Å². The molecule has 2 atom stereocenters. The molecule has 1 aliphatic heterocycles. The molecule has 2 unspecified atom stereocenters. The van der Waals surface area contributed by atoms with Gasteiger partial charge in [-0.25, -0.2) is 0 Å². The molecule has 0 radical (unpaired) electrons. The van der Waals surface area contributed by atoms with Gasteiger partial charge in [-0.15, -0.1) is 24.0 Å². The van der Waals surface area contributed by atoms with E-state index in [4.69, 9.17) is 4.74 Å². The third kappa shape index (κ3) is 6.66. The molecule has 0 aliphatic carbocycles. The molecule has 0 spiro atoms. The first-order valence-corrected chi connectivity index (χ1v) is 8.97. The Kier molecular flexibility index (Phi) is 9.75. The third-order valence-electron chi connectivity index (χ3n) is 4.40. The molecule has 0 amide bonds. The van der Waals surface area contributed by atoms with Gasteiger partial charge in [-0.2, -0.15) is 0 Å². The zero-order chi connectivity index (χ0) is 18.2. The van der Waals surface area contributed by atoms with Crippen LogP contribution in [0.3, 0.4) is 0 Å². The van der Waals surface area contributed by atoms with E-state index in [9.17, 15) is 4.79 Å². The predicted octanol–water partition coefficient (Wildman–Crippen LogP) is 2.56. The van der Waals surface area contributed by atoms with Crippen molar-refractivity contribution in [1.82, 2.24) is 10.6 Å². The maximum atomic E-state index is 11.5. The summed E-state index contributed by atoms with van der Waals surface area (Å²) in [4.78, 5) is 18.4. The minimum atomic E-state index is -0.243. The molecule has 1 saturated heterocycles. The maximum absolute atomic E-state index is 11.5. The SMILES string of the molecule is CCNC(=NCC(C)C(=O)OC)NC1CCN(c2ccc(C)cc2)C1.I. The van der Waals surface area contributed by atoms with E-state index in [1.807, 2.05) is 13.8 Å². The van der Waals surface area contributed by atoms with Gasteiger partial charge in [0.15, 0.2) is 5.96 Å². The number of methoxy groups -OCH3 is 1. The van der Waals surface area contributed by atoms with Crippen LogP contribution in [-0.2, 0) is 9.53 Å². The summed E-state index contributed by atoms with van der Waals surface area (Å²) in [5, 5.41) is 6.74. The second-order valence-electron chi connectivity index (χ2n) is 6.56. The van der Waals surface area contributed by atoms with Crippen molar-refractivity contribution in [3.8, 4) is 0 Å². The van der Waals surface area contributed by atoms with Gasteiger partial charge in [-0.3, -0.25) is 9.79 Å². The fraction of sp³-hybridized carbons (Fsp3) is 0.579. The lowest BCUT2D eigenvalue weighted by Gasteiger charge is -2.20. The molecular weight excluding hydrogens is 443 g/mol. The van der Waals surface area contributed by atoms with Crippen molar-refractivity contribution in [3.05, 3.63) is 29.8 Å². The molecule has 0 saturated carbocycles. The lowest BCUT2D eigenvalue weighted by molar-refractivity contribution is -0.144. The largest absolute Gasteiger partial charge is 0.469 e. The lowest BCUT2D eigenvalue weighted by atomic mass is 10.2. The molecule has 2 N–H and O–H groups in total. The zero-order valence-electron chi connectivity index (χ0n) is 16.1. The van der Waals surface area contributed by atoms with Crippen LogP contribution in [0.2, 0.25) is 0 Å². The number of carbonyl (C=O) groups excluding carboxylic acids is 1. The summed E-state index contributed by atoms with van der Waals surface area (Å²) in [5.41, 5.74) is 2.54. The van der Waals surface area contributed by atoms with Gasteiger partial charge in [0.2, 0.25) is 0 Å². The molecular formula is C19H31IN4O2. The molecule has 1 aliphatic rings. The summed E-state index contributed by atoms with van der Waals surface area (Å²) in [7, 11) is 1.41. The summed E-state index contributed by atoms with van der Waals surface area (Å²) < 4.78 is 4.75. The number of nitrogens with zero attached hydrogens (tertiary/aromatic N) is 2. The summed E-state index contributed by atoms with van der Waals surface area (Å²) in [5.74, 6) is 0.285. The first kappa shape index (κ1) is 22.5. The summed E-state index contributed by atoms with van der Waals surface area (Å²) in [6.45, 7) is 9.14. The van der Waals surface area contributed by atoms with Gasteiger partial charge in [0.1, 0.15) is 0 Å². The van der Waals surface area contributed by atoms with E-state index in [1.165, 1.54) is 18.4 Å². The Morgan fingerprint density at radius 3 is 2.69 bits per heavy atom. The molecule has 1 heterocycles. The van der Waals surface area contributed by atoms with Gasteiger partial charge in [-0.05, 0) is 32.4 Å². The average molecular weight is 474 g/mol. The number of hydrogen-bond acceptors (Lipinski definition) is 4. The number of halogens is 1. The van der Waals surface area contributed by atoms with Crippen molar-refractivity contribution in [2.24, 2.45) is 10.9 Å². The fourth-order valence-electron chi connectivity index (χ4n) is 2.89. The minimum absolute atomic E-state index is 0. The Hall–Kier alpha value is -1.51. The predicted molar refractivity (Wildman–Crippen MR) is 118 cm³/mol. The van der Waals surface area contributed by atoms with Crippen molar-refractivity contribution in [3.63, 3.8) is 0 Å². The fourth-order valence-corrected chi connectivity index (χ4v) is 2.89. The molecule has 146 valence electrons. The highest BCUT2D eigenvalue weighted by atomic mass is 127. The third-order valence-corrected chi connectivity index (χ3v) is 4.40. The monoisotopic (exact) mass is 474 g/mol. The Morgan fingerprint density at radius 2 is 2.08 bits per heavy atom. The highest BCUT2D eigenvalue weighted by Gasteiger charge is 2.23. The first-order chi connectivity index (χ1) is 12.0. The topological polar surface area (TPSA) is 66.0 Å². The molecule has 6 nitrogen and oxygen atoms in total. The normalized spacial score (nSPS) is 18.1. The van der Waals surface area contributed by atoms with Gasteiger partial charge in [0, 0.05) is 31.4 Å². The average Bonchev–Trinajstić information content (AvgIpc) is 3.08. The van der Waals surface area contributed by atoms with Gasteiger partial charge >= 0.3 is 5.97 Å². The quantitative estimate of drug-likeness (QED) is 0.287. The number of aryl methyl sites for hydroxylation is 1. The number of esters is 1. The molecule has 1 aromatic rings. The highest BCUT2D eigenvalue weighted by Crippen LogP contribution is 2.20. The smallest absolute Gasteiger partial charge is 0.310 e. The van der Waals surface area contributed by atoms with E-state index in [-0.39, 0.29) is 35.9 Å². The Bertz CT molecular complexity index is 592. The highest BCUT2D eigenvalue weighted by molar-refractivity contribution is 14.0. The van der Waals surface area contributed by atoms with Crippen LogP contribution in [0.5, 0.6) is 0 Å². The van der Waals surface area contributed by atoms with E-state index >= 15 is 0 Å². The van der Waals surface area contributed by atoms with Crippen LogP contribution < -0.4 is 15.5 Å². The van der Waals surface area contributed by atoms with E-state index in [0.29, 0.717) is 12.6 Å². The Labute approximate surface area is 173 Å².